The number of imidazole rings is 1. The summed E-state index contributed by atoms with van der Waals surface area (Å²) in [5.41, 5.74) is 0.447. The van der Waals surface area contributed by atoms with Gasteiger partial charge in [0, 0.05) is 24.6 Å². The summed E-state index contributed by atoms with van der Waals surface area (Å²) in [5, 5.41) is 15.7. The second kappa shape index (κ2) is 10.2. The van der Waals surface area contributed by atoms with Gasteiger partial charge in [0.25, 0.3) is 17.7 Å². The molecule has 0 radical (unpaired) electrons. The molecular weight excluding hydrogens is 517 g/mol. The Bertz CT molecular complexity index is 1540. The molecule has 0 unspecified atom stereocenters. The quantitative estimate of drug-likeness (QED) is 0.149. The lowest BCUT2D eigenvalue weighted by Gasteiger charge is -2.18. The number of aromatic amines is 1. The van der Waals surface area contributed by atoms with E-state index in [0.29, 0.717) is 21.4 Å². The van der Waals surface area contributed by atoms with Crippen LogP contribution in [0.3, 0.4) is 0 Å². The Hall–Kier alpha value is -4.21. The van der Waals surface area contributed by atoms with Crippen LogP contribution in [0.25, 0.3) is 22.5 Å². The fraction of sp³-hybridized carbons (Fsp3) is 0.241. The first kappa shape index (κ1) is 27.8. The van der Waals surface area contributed by atoms with Crippen LogP contribution < -0.4 is 10.0 Å². The molecule has 0 atom stereocenters. The van der Waals surface area contributed by atoms with Crippen molar-refractivity contribution in [2.75, 3.05) is 5.32 Å². The minimum atomic E-state index is -4.64. The molecule has 39 heavy (non-hydrogen) atoms. The number of nitrogens with one attached hydrogen (secondary N) is 2. The Morgan fingerprint density at radius 2 is 1.59 bits per heavy atom. The van der Waals surface area contributed by atoms with Crippen LogP contribution in [-0.4, -0.2) is 10.9 Å². The van der Waals surface area contributed by atoms with Gasteiger partial charge in [0.05, 0.1) is 11.1 Å². The molecule has 4 aromatic rings. The minimum absolute atomic E-state index is 0.0691. The Labute approximate surface area is 221 Å². The summed E-state index contributed by atoms with van der Waals surface area (Å²) < 4.78 is 70.3. The van der Waals surface area contributed by atoms with Crippen molar-refractivity contribution >= 4 is 11.6 Å². The van der Waals surface area contributed by atoms with Crippen LogP contribution in [0.1, 0.15) is 51.8 Å². The highest BCUT2D eigenvalue weighted by Gasteiger charge is 2.35. The first-order chi connectivity index (χ1) is 18.2. The molecule has 204 valence electrons. The molecule has 1 heterocycles. The van der Waals surface area contributed by atoms with Gasteiger partial charge in [-0.2, -0.15) is 13.2 Å². The van der Waals surface area contributed by atoms with Gasteiger partial charge in [0.15, 0.2) is 5.69 Å². The zero-order valence-electron chi connectivity index (χ0n) is 21.6. The first-order valence-corrected chi connectivity index (χ1v) is 12.1. The third-order valence-electron chi connectivity index (χ3n) is 6.62. The van der Waals surface area contributed by atoms with E-state index in [2.05, 4.69) is 10.3 Å². The number of aryl methyl sites for hydroxylation is 3. The monoisotopic (exact) mass is 543 g/mol. The number of hydrogen-bond acceptors (Lipinski definition) is 2. The molecule has 0 saturated carbocycles. The van der Waals surface area contributed by atoms with Gasteiger partial charge < -0.3 is 10.5 Å². The van der Waals surface area contributed by atoms with E-state index in [9.17, 15) is 32.0 Å². The highest BCUT2D eigenvalue weighted by atomic mass is 19.4. The molecule has 5 nitrogen and oxygen atoms in total. The zero-order valence-corrected chi connectivity index (χ0v) is 21.6. The topological polar surface area (TPSA) is 71.8 Å². The van der Waals surface area contributed by atoms with Crippen molar-refractivity contribution in [1.82, 2.24) is 4.98 Å². The predicted molar refractivity (Wildman–Crippen MR) is 138 cm³/mol. The standard InChI is InChI=1S/C29H26F5N3O2/c1-5-28(30,31)20-10-7-11-21(15-20)36-27(38)25-18(4)35-26(37(25)39)19-12-13-23(29(32,33)34)22(14-19)24-16(2)8-6-9-17(24)3/h6-15,35H,5H2,1-4H3,(H,36,38). The Morgan fingerprint density at radius 3 is 2.21 bits per heavy atom. The lowest BCUT2D eigenvalue weighted by molar-refractivity contribution is -0.594. The lowest BCUT2D eigenvalue weighted by atomic mass is 9.90. The van der Waals surface area contributed by atoms with Crippen molar-refractivity contribution in [1.29, 1.82) is 0 Å². The van der Waals surface area contributed by atoms with Crippen LogP contribution in [0.4, 0.5) is 27.6 Å². The fourth-order valence-corrected chi connectivity index (χ4v) is 4.61. The zero-order chi connectivity index (χ0) is 28.7. The third kappa shape index (κ3) is 5.36. The average molecular weight is 544 g/mol. The molecule has 0 spiro atoms. The molecule has 0 saturated heterocycles. The van der Waals surface area contributed by atoms with E-state index in [0.717, 1.165) is 18.2 Å². The van der Waals surface area contributed by atoms with Crippen molar-refractivity contribution in [3.8, 4) is 22.5 Å². The number of alkyl halides is 5. The highest BCUT2D eigenvalue weighted by molar-refractivity contribution is 6.02. The van der Waals surface area contributed by atoms with E-state index in [1.54, 1.807) is 32.0 Å². The molecule has 0 aliphatic rings. The number of H-pyrrole nitrogens is 1. The number of nitrogens with zero attached hydrogens (tertiary/aromatic N) is 1. The number of benzene rings is 3. The molecule has 0 aliphatic carbocycles. The van der Waals surface area contributed by atoms with Gasteiger partial charge in [-0.25, -0.2) is 18.5 Å². The second-order valence-corrected chi connectivity index (χ2v) is 9.36. The van der Waals surface area contributed by atoms with Gasteiger partial charge in [-0.1, -0.05) is 37.3 Å². The first-order valence-electron chi connectivity index (χ1n) is 12.1. The number of rotatable bonds is 6. The molecule has 2 N–H and O–H groups in total. The van der Waals surface area contributed by atoms with Crippen molar-refractivity contribution in [2.45, 2.75) is 46.2 Å². The molecule has 1 aromatic heterocycles. The molecule has 3 aromatic carbocycles. The Morgan fingerprint density at radius 1 is 0.949 bits per heavy atom. The van der Waals surface area contributed by atoms with Gasteiger partial charge in [-0.05, 0) is 66.4 Å². The van der Waals surface area contributed by atoms with Crippen LogP contribution in [0, 0.1) is 26.0 Å². The van der Waals surface area contributed by atoms with E-state index in [-0.39, 0.29) is 39.6 Å². The van der Waals surface area contributed by atoms with E-state index in [4.69, 9.17) is 0 Å². The maximum atomic E-state index is 14.1. The van der Waals surface area contributed by atoms with Gasteiger partial charge in [-0.3, -0.25) is 4.79 Å². The third-order valence-corrected chi connectivity index (χ3v) is 6.62. The van der Waals surface area contributed by atoms with Crippen LogP contribution >= 0.6 is 0 Å². The summed E-state index contributed by atoms with van der Waals surface area (Å²) in [6, 6.07) is 13.7. The highest BCUT2D eigenvalue weighted by Crippen LogP contribution is 2.41. The summed E-state index contributed by atoms with van der Waals surface area (Å²) in [5.74, 6) is -4.08. The smallest absolute Gasteiger partial charge is 0.417 e. The van der Waals surface area contributed by atoms with E-state index in [1.807, 2.05) is 0 Å². The molecular formula is C29H26F5N3O2. The number of halogens is 5. The maximum absolute atomic E-state index is 14.1. The second-order valence-electron chi connectivity index (χ2n) is 9.36. The predicted octanol–water partition coefficient (Wildman–Crippen LogP) is 7.68. The van der Waals surface area contributed by atoms with E-state index < -0.39 is 30.0 Å². The van der Waals surface area contributed by atoms with Gasteiger partial charge in [0.2, 0.25) is 5.69 Å². The summed E-state index contributed by atoms with van der Waals surface area (Å²) in [6.07, 6.45) is -5.07. The van der Waals surface area contributed by atoms with E-state index in [1.165, 1.54) is 38.1 Å². The van der Waals surface area contributed by atoms with Crippen LogP contribution in [0.15, 0.2) is 60.7 Å². The summed E-state index contributed by atoms with van der Waals surface area (Å²) in [4.78, 5) is 15.8. The molecule has 0 bridgehead atoms. The molecule has 1 amide bonds. The summed E-state index contributed by atoms with van der Waals surface area (Å²) >= 11 is 0. The lowest BCUT2D eigenvalue weighted by Crippen LogP contribution is -2.36. The SMILES string of the molecule is CCC(F)(F)c1cccc(NC(=O)c2c(C)[nH]c(-c3ccc(C(F)(F)F)c(-c4c(C)cccc4C)c3)[n+]2[O-])c1. The largest absolute Gasteiger partial charge is 0.710 e. The van der Waals surface area contributed by atoms with Crippen LogP contribution in [0.5, 0.6) is 0 Å². The van der Waals surface area contributed by atoms with Crippen molar-refractivity contribution < 1.29 is 31.5 Å². The summed E-state index contributed by atoms with van der Waals surface area (Å²) in [7, 11) is 0. The van der Waals surface area contributed by atoms with E-state index >= 15 is 0 Å². The van der Waals surface area contributed by atoms with Crippen molar-refractivity contribution in [3.05, 3.63) is 99.5 Å². The normalized spacial score (nSPS) is 12.0. The Kier molecular flexibility index (Phi) is 7.25. The number of carbonyl (C=O) groups excluding carboxylic acids is 1. The molecule has 0 aliphatic heterocycles. The number of anilines is 1. The van der Waals surface area contributed by atoms with Crippen LogP contribution in [-0.2, 0) is 12.1 Å². The molecule has 4 rings (SSSR count). The Balaban J connectivity index is 1.76. The number of carbonyl (C=O) groups is 1. The van der Waals surface area contributed by atoms with Crippen molar-refractivity contribution in [3.63, 3.8) is 0 Å². The maximum Gasteiger partial charge on any atom is 0.417 e. The number of aromatic nitrogens is 2. The summed E-state index contributed by atoms with van der Waals surface area (Å²) in [6.45, 7) is 6.21. The number of amides is 1. The van der Waals surface area contributed by atoms with Gasteiger partial charge in [-0.15, -0.1) is 0 Å². The molecule has 10 heteroatoms. The van der Waals surface area contributed by atoms with Gasteiger partial charge >= 0.3 is 6.18 Å². The number of hydrogen-bond donors (Lipinski definition) is 2. The van der Waals surface area contributed by atoms with Gasteiger partial charge in [0.1, 0.15) is 0 Å². The van der Waals surface area contributed by atoms with Crippen LogP contribution in [0.2, 0.25) is 0 Å². The fourth-order valence-electron chi connectivity index (χ4n) is 4.61. The molecule has 0 fully saturated rings. The van der Waals surface area contributed by atoms with Crippen molar-refractivity contribution in [2.24, 2.45) is 0 Å². The average Bonchev–Trinajstić information content (AvgIpc) is 3.17. The minimum Gasteiger partial charge on any atom is -0.710 e.